The minimum absolute atomic E-state index is 0.0184. The molecule has 0 aliphatic rings. The van der Waals surface area contributed by atoms with Gasteiger partial charge in [0.1, 0.15) is 0 Å². The Bertz CT molecular complexity index is 732. The van der Waals surface area contributed by atoms with E-state index in [0.717, 1.165) is 22.4 Å². The second-order valence-corrected chi connectivity index (χ2v) is 7.20. The molecule has 0 unspecified atom stereocenters. The average molecular weight is 315 g/mol. The van der Waals surface area contributed by atoms with Gasteiger partial charge in [0.05, 0.1) is 18.0 Å². The number of hydrogen-bond acceptors (Lipinski definition) is 2. The Kier molecular flexibility index (Phi) is 5.03. The quantitative estimate of drug-likeness (QED) is 0.760. The van der Waals surface area contributed by atoms with Crippen molar-refractivity contribution < 1.29 is 8.42 Å². The summed E-state index contributed by atoms with van der Waals surface area (Å²) in [5, 5.41) is 0. The first-order chi connectivity index (χ1) is 10.5. The van der Waals surface area contributed by atoms with Crippen LogP contribution in [0.2, 0.25) is 0 Å². The van der Waals surface area contributed by atoms with Crippen molar-refractivity contribution in [2.45, 2.75) is 19.6 Å². The Morgan fingerprint density at radius 2 is 1.59 bits per heavy atom. The Morgan fingerprint density at radius 3 is 2.14 bits per heavy atom. The molecule has 4 heteroatoms. The molecule has 2 rings (SSSR count). The summed E-state index contributed by atoms with van der Waals surface area (Å²) >= 11 is 0. The number of rotatable bonds is 6. The van der Waals surface area contributed by atoms with Gasteiger partial charge in [-0.1, -0.05) is 54.6 Å². The maximum Gasteiger partial charge on any atom is 0.239 e. The molecule has 0 aliphatic heterocycles. The number of anilines is 1. The zero-order valence-corrected chi connectivity index (χ0v) is 13.8. The molecule has 2 aromatic carbocycles. The van der Waals surface area contributed by atoms with Crippen LogP contribution in [0.4, 0.5) is 5.69 Å². The lowest BCUT2D eigenvalue weighted by Crippen LogP contribution is -2.33. The van der Waals surface area contributed by atoms with Gasteiger partial charge < -0.3 is 0 Å². The molecular formula is C18H21NO2S. The molecule has 0 bridgehead atoms. The summed E-state index contributed by atoms with van der Waals surface area (Å²) in [5.41, 5.74) is 3.41. The molecule has 22 heavy (non-hydrogen) atoms. The van der Waals surface area contributed by atoms with Crippen molar-refractivity contribution in [2.24, 2.45) is 0 Å². The molecule has 0 aromatic heterocycles. The summed E-state index contributed by atoms with van der Waals surface area (Å²) in [7, 11) is -3.47. The van der Waals surface area contributed by atoms with Gasteiger partial charge >= 0.3 is 0 Å². The molecule has 0 radical (unpaired) electrons. The summed E-state index contributed by atoms with van der Waals surface area (Å²) in [6.07, 6.45) is 1.62. The first-order valence-electron chi connectivity index (χ1n) is 7.17. The van der Waals surface area contributed by atoms with Crippen LogP contribution in [0.1, 0.15) is 16.7 Å². The van der Waals surface area contributed by atoms with Gasteiger partial charge in [0.25, 0.3) is 0 Å². The second kappa shape index (κ2) is 6.79. The SMILES string of the molecule is C=CCN(c1c(C)cccc1C)S(=O)(=O)Cc1ccccc1. The van der Waals surface area contributed by atoms with E-state index in [-0.39, 0.29) is 12.3 Å². The lowest BCUT2D eigenvalue weighted by Gasteiger charge is -2.26. The summed E-state index contributed by atoms with van der Waals surface area (Å²) in [5.74, 6) is -0.0184. The number of hydrogen-bond donors (Lipinski definition) is 0. The van der Waals surface area contributed by atoms with Gasteiger partial charge in [0.15, 0.2) is 0 Å². The highest BCUT2D eigenvalue weighted by Crippen LogP contribution is 2.28. The van der Waals surface area contributed by atoms with Crippen molar-refractivity contribution >= 4 is 15.7 Å². The molecule has 0 heterocycles. The molecule has 116 valence electrons. The standard InChI is InChI=1S/C18H21NO2S/c1-4-13-19(18-15(2)9-8-10-16(18)3)22(20,21)14-17-11-6-5-7-12-17/h4-12H,1,13-14H2,2-3H3. The number of para-hydroxylation sites is 1. The maximum absolute atomic E-state index is 12.9. The third-order valence-corrected chi connectivity index (χ3v) is 5.21. The highest BCUT2D eigenvalue weighted by molar-refractivity contribution is 7.92. The molecule has 3 nitrogen and oxygen atoms in total. The molecule has 0 fully saturated rings. The largest absolute Gasteiger partial charge is 0.266 e. The minimum Gasteiger partial charge on any atom is -0.266 e. The fourth-order valence-electron chi connectivity index (χ4n) is 2.52. The van der Waals surface area contributed by atoms with Crippen LogP contribution in [-0.2, 0) is 15.8 Å². The van der Waals surface area contributed by atoms with Crippen LogP contribution in [0, 0.1) is 13.8 Å². The third-order valence-electron chi connectivity index (χ3n) is 3.51. The first kappa shape index (κ1) is 16.3. The van der Waals surface area contributed by atoms with Crippen molar-refractivity contribution in [1.29, 1.82) is 0 Å². The minimum atomic E-state index is -3.47. The van der Waals surface area contributed by atoms with E-state index in [1.165, 1.54) is 4.31 Å². The van der Waals surface area contributed by atoms with E-state index in [0.29, 0.717) is 0 Å². The lowest BCUT2D eigenvalue weighted by atomic mass is 10.1. The Morgan fingerprint density at radius 1 is 1.00 bits per heavy atom. The van der Waals surface area contributed by atoms with Crippen molar-refractivity contribution in [3.8, 4) is 0 Å². The van der Waals surface area contributed by atoms with E-state index in [9.17, 15) is 8.42 Å². The fraction of sp³-hybridized carbons (Fsp3) is 0.222. The molecular weight excluding hydrogens is 294 g/mol. The van der Waals surface area contributed by atoms with Crippen LogP contribution in [0.5, 0.6) is 0 Å². The monoisotopic (exact) mass is 315 g/mol. The number of benzene rings is 2. The normalized spacial score (nSPS) is 11.2. The van der Waals surface area contributed by atoms with Crippen LogP contribution >= 0.6 is 0 Å². The van der Waals surface area contributed by atoms with Crippen molar-refractivity contribution in [3.63, 3.8) is 0 Å². The number of sulfonamides is 1. The van der Waals surface area contributed by atoms with Crippen molar-refractivity contribution in [3.05, 3.63) is 77.9 Å². The van der Waals surface area contributed by atoms with Gasteiger partial charge in [-0.3, -0.25) is 4.31 Å². The van der Waals surface area contributed by atoms with Gasteiger partial charge in [-0.2, -0.15) is 0 Å². The fourth-order valence-corrected chi connectivity index (χ4v) is 4.19. The molecule has 0 saturated heterocycles. The second-order valence-electron chi connectivity index (χ2n) is 5.30. The zero-order chi connectivity index (χ0) is 16.2. The predicted molar refractivity (Wildman–Crippen MR) is 92.5 cm³/mol. The highest BCUT2D eigenvalue weighted by Gasteiger charge is 2.24. The molecule has 2 aromatic rings. The summed E-state index contributed by atoms with van der Waals surface area (Å²) in [6.45, 7) is 7.82. The summed E-state index contributed by atoms with van der Waals surface area (Å²) in [6, 6.07) is 15.0. The van der Waals surface area contributed by atoms with Gasteiger partial charge in [-0.25, -0.2) is 8.42 Å². The van der Waals surface area contributed by atoms with E-state index >= 15 is 0 Å². The average Bonchev–Trinajstić information content (AvgIpc) is 2.46. The third kappa shape index (κ3) is 3.57. The molecule has 0 spiro atoms. The van der Waals surface area contributed by atoms with E-state index in [1.54, 1.807) is 6.08 Å². The number of aryl methyl sites for hydroxylation is 2. The van der Waals surface area contributed by atoms with Crippen molar-refractivity contribution in [1.82, 2.24) is 0 Å². The molecule has 0 amide bonds. The van der Waals surface area contributed by atoms with E-state index in [4.69, 9.17) is 0 Å². The van der Waals surface area contributed by atoms with Crippen LogP contribution in [0.25, 0.3) is 0 Å². The summed E-state index contributed by atoms with van der Waals surface area (Å²) < 4.78 is 27.2. The highest BCUT2D eigenvalue weighted by atomic mass is 32.2. The first-order valence-corrected chi connectivity index (χ1v) is 8.78. The van der Waals surface area contributed by atoms with E-state index in [1.807, 2.05) is 62.4 Å². The van der Waals surface area contributed by atoms with E-state index < -0.39 is 10.0 Å². The maximum atomic E-state index is 12.9. The predicted octanol–water partition coefficient (Wildman–Crippen LogP) is 3.83. The molecule has 0 atom stereocenters. The molecule has 0 saturated carbocycles. The Labute approximate surface area is 133 Å². The molecule has 0 aliphatic carbocycles. The van der Waals surface area contributed by atoms with Crippen LogP contribution < -0.4 is 4.31 Å². The van der Waals surface area contributed by atoms with Crippen LogP contribution in [0.15, 0.2) is 61.2 Å². The smallest absolute Gasteiger partial charge is 0.239 e. The topological polar surface area (TPSA) is 37.4 Å². The van der Waals surface area contributed by atoms with Crippen molar-refractivity contribution in [2.75, 3.05) is 10.8 Å². The van der Waals surface area contributed by atoms with Crippen LogP contribution in [0.3, 0.4) is 0 Å². The van der Waals surface area contributed by atoms with Gasteiger partial charge in [0.2, 0.25) is 10.0 Å². The van der Waals surface area contributed by atoms with Crippen LogP contribution in [-0.4, -0.2) is 15.0 Å². The van der Waals surface area contributed by atoms with Gasteiger partial charge in [-0.15, -0.1) is 6.58 Å². The molecule has 0 N–H and O–H groups in total. The lowest BCUT2D eigenvalue weighted by molar-refractivity contribution is 0.592. The van der Waals surface area contributed by atoms with Gasteiger partial charge in [0, 0.05) is 0 Å². The summed E-state index contributed by atoms with van der Waals surface area (Å²) in [4.78, 5) is 0. The van der Waals surface area contributed by atoms with Gasteiger partial charge in [-0.05, 0) is 30.5 Å². The van der Waals surface area contributed by atoms with E-state index in [2.05, 4.69) is 6.58 Å². The Balaban J connectivity index is 2.45. The Hall–Kier alpha value is -2.07. The zero-order valence-electron chi connectivity index (χ0n) is 13.0. The number of nitrogens with zero attached hydrogens (tertiary/aromatic N) is 1.